The molecule has 0 N–H and O–H groups in total. The maximum absolute atomic E-state index is 12.6. The fourth-order valence-electron chi connectivity index (χ4n) is 0.505. The van der Waals surface area contributed by atoms with Crippen LogP contribution < -0.4 is 0 Å². The lowest BCUT2D eigenvalue weighted by Gasteiger charge is -1.92. The second-order valence-corrected chi connectivity index (χ2v) is 2.75. The van der Waals surface area contributed by atoms with Crippen LogP contribution >= 0.6 is 22.6 Å². The first-order valence-corrected chi connectivity index (χ1v) is 3.58. The van der Waals surface area contributed by atoms with Gasteiger partial charge in [-0.25, -0.2) is 9.37 Å². The summed E-state index contributed by atoms with van der Waals surface area (Å²) in [7, 11) is 0. The first-order valence-electron chi connectivity index (χ1n) is 2.50. The summed E-state index contributed by atoms with van der Waals surface area (Å²) in [4.78, 5) is 13.8. The molecule has 0 unspecified atom stereocenters. The van der Waals surface area contributed by atoms with Crippen molar-refractivity contribution in [3.8, 4) is 0 Å². The molecule has 0 aliphatic carbocycles. The summed E-state index contributed by atoms with van der Waals surface area (Å²) in [6.45, 7) is 0. The predicted molar refractivity (Wildman–Crippen MR) is 42.3 cm³/mol. The highest BCUT2D eigenvalue weighted by Crippen LogP contribution is 2.06. The molecule has 0 amide bonds. The topological polar surface area (TPSA) is 30.0 Å². The van der Waals surface area contributed by atoms with Crippen LogP contribution in [0.1, 0.15) is 10.4 Å². The van der Waals surface area contributed by atoms with Crippen molar-refractivity contribution in [3.05, 3.63) is 27.3 Å². The minimum absolute atomic E-state index is 0.000385. The molecule has 0 aliphatic heterocycles. The van der Waals surface area contributed by atoms with Gasteiger partial charge >= 0.3 is 0 Å². The van der Waals surface area contributed by atoms with Crippen LogP contribution in [-0.2, 0) is 0 Å². The molecule has 2 nitrogen and oxygen atoms in total. The summed E-state index contributed by atoms with van der Waals surface area (Å²) in [5.41, 5.74) is 0.000385. The molecular formula is C6H3FINO. The number of nitrogens with zero attached hydrogens (tertiary/aromatic N) is 1. The highest BCUT2D eigenvalue weighted by Gasteiger charge is 2.00. The smallest absolute Gasteiger partial charge is 0.154 e. The van der Waals surface area contributed by atoms with Gasteiger partial charge < -0.3 is 0 Å². The van der Waals surface area contributed by atoms with Crippen LogP contribution in [0.4, 0.5) is 4.39 Å². The van der Waals surface area contributed by atoms with Crippen LogP contribution in [0.15, 0.2) is 12.3 Å². The average Bonchev–Trinajstić information content (AvgIpc) is 1.88. The second kappa shape index (κ2) is 3.05. The van der Waals surface area contributed by atoms with E-state index in [-0.39, 0.29) is 5.56 Å². The number of hydrogen-bond donors (Lipinski definition) is 0. The lowest BCUT2D eigenvalue weighted by Crippen LogP contribution is -1.90. The maximum atomic E-state index is 12.6. The SMILES string of the molecule is O=Cc1cnc(I)cc1F. The van der Waals surface area contributed by atoms with E-state index >= 15 is 0 Å². The first kappa shape index (κ1) is 7.59. The zero-order valence-electron chi connectivity index (χ0n) is 4.84. The van der Waals surface area contributed by atoms with Gasteiger partial charge in [0.2, 0.25) is 0 Å². The Morgan fingerprint density at radius 1 is 1.70 bits per heavy atom. The molecule has 0 fully saturated rings. The number of halogens is 2. The molecule has 0 aromatic carbocycles. The van der Waals surface area contributed by atoms with Gasteiger partial charge in [-0.1, -0.05) is 0 Å². The van der Waals surface area contributed by atoms with Gasteiger partial charge in [0.15, 0.2) is 6.29 Å². The van der Waals surface area contributed by atoms with Crippen LogP contribution in [0.5, 0.6) is 0 Å². The van der Waals surface area contributed by atoms with E-state index in [2.05, 4.69) is 4.98 Å². The number of carbonyl (C=O) groups is 1. The van der Waals surface area contributed by atoms with Crippen molar-refractivity contribution in [1.29, 1.82) is 0 Å². The highest BCUT2D eigenvalue weighted by molar-refractivity contribution is 14.1. The molecule has 0 atom stereocenters. The minimum atomic E-state index is -0.519. The monoisotopic (exact) mass is 251 g/mol. The third kappa shape index (κ3) is 1.50. The minimum Gasteiger partial charge on any atom is -0.298 e. The summed E-state index contributed by atoms with van der Waals surface area (Å²) >= 11 is 1.87. The van der Waals surface area contributed by atoms with Crippen LogP contribution in [0, 0.1) is 9.52 Å². The Kier molecular flexibility index (Phi) is 2.31. The second-order valence-electron chi connectivity index (χ2n) is 1.65. The molecule has 1 rings (SSSR count). The van der Waals surface area contributed by atoms with E-state index in [1.165, 1.54) is 12.3 Å². The Morgan fingerprint density at radius 2 is 2.40 bits per heavy atom. The van der Waals surface area contributed by atoms with Gasteiger partial charge in [-0.3, -0.25) is 4.79 Å². The van der Waals surface area contributed by atoms with E-state index < -0.39 is 5.82 Å². The highest BCUT2D eigenvalue weighted by atomic mass is 127. The van der Waals surface area contributed by atoms with Crippen molar-refractivity contribution in [2.24, 2.45) is 0 Å². The summed E-state index contributed by atoms with van der Waals surface area (Å²) in [6.07, 6.45) is 1.66. The van der Waals surface area contributed by atoms with Crippen molar-refractivity contribution in [2.45, 2.75) is 0 Å². The molecule has 0 bridgehead atoms. The molecule has 0 saturated carbocycles. The van der Waals surface area contributed by atoms with E-state index in [0.29, 0.717) is 9.99 Å². The van der Waals surface area contributed by atoms with Crippen LogP contribution in [0.2, 0.25) is 0 Å². The van der Waals surface area contributed by atoms with Gasteiger partial charge in [-0.15, -0.1) is 0 Å². The van der Waals surface area contributed by atoms with Crippen LogP contribution in [-0.4, -0.2) is 11.3 Å². The van der Waals surface area contributed by atoms with E-state index in [1.807, 2.05) is 22.6 Å². The number of hydrogen-bond acceptors (Lipinski definition) is 2. The molecule has 0 saturated heterocycles. The third-order valence-corrected chi connectivity index (χ3v) is 1.57. The zero-order valence-corrected chi connectivity index (χ0v) is 7.00. The molecule has 4 heteroatoms. The van der Waals surface area contributed by atoms with Gasteiger partial charge in [-0.2, -0.15) is 0 Å². The van der Waals surface area contributed by atoms with Crippen molar-refractivity contribution in [1.82, 2.24) is 4.98 Å². The van der Waals surface area contributed by atoms with Crippen molar-refractivity contribution in [2.75, 3.05) is 0 Å². The van der Waals surface area contributed by atoms with Crippen molar-refractivity contribution in [3.63, 3.8) is 0 Å². The van der Waals surface area contributed by atoms with Crippen molar-refractivity contribution < 1.29 is 9.18 Å². The zero-order chi connectivity index (χ0) is 7.56. The number of aromatic nitrogens is 1. The van der Waals surface area contributed by atoms with Gasteiger partial charge in [0.1, 0.15) is 9.52 Å². The molecule has 0 spiro atoms. The lowest BCUT2D eigenvalue weighted by molar-refractivity contribution is 0.111. The van der Waals surface area contributed by atoms with E-state index in [0.717, 1.165) is 0 Å². The Bertz CT molecular complexity index is 264. The maximum Gasteiger partial charge on any atom is 0.154 e. The fourth-order valence-corrected chi connectivity index (χ4v) is 0.917. The predicted octanol–water partition coefficient (Wildman–Crippen LogP) is 1.64. The summed E-state index contributed by atoms with van der Waals surface area (Å²) in [6, 6.07) is 1.21. The molecule has 10 heavy (non-hydrogen) atoms. The molecular weight excluding hydrogens is 248 g/mol. The molecule has 1 aromatic rings. The number of aldehydes is 1. The van der Waals surface area contributed by atoms with Gasteiger partial charge in [0, 0.05) is 12.3 Å². The quantitative estimate of drug-likeness (QED) is 0.431. The molecule has 0 radical (unpaired) electrons. The Hall–Kier alpha value is -0.520. The number of rotatable bonds is 1. The summed E-state index contributed by atoms with van der Waals surface area (Å²) in [5, 5.41) is 0. The lowest BCUT2D eigenvalue weighted by atomic mass is 10.3. The average molecular weight is 251 g/mol. The molecule has 0 aliphatic rings. The largest absolute Gasteiger partial charge is 0.298 e. The molecule has 52 valence electrons. The van der Waals surface area contributed by atoms with Gasteiger partial charge in [0.25, 0.3) is 0 Å². The first-order chi connectivity index (χ1) is 4.74. The van der Waals surface area contributed by atoms with Crippen LogP contribution in [0.3, 0.4) is 0 Å². The Balaban J connectivity index is 3.19. The standard InChI is InChI=1S/C6H3FINO/c7-5-1-6(8)9-2-4(5)3-10/h1-3H. The molecule has 1 aromatic heterocycles. The summed E-state index contributed by atoms with van der Waals surface area (Å²) in [5.74, 6) is -0.519. The van der Waals surface area contributed by atoms with Crippen LogP contribution in [0.25, 0.3) is 0 Å². The van der Waals surface area contributed by atoms with E-state index in [9.17, 15) is 9.18 Å². The fraction of sp³-hybridized carbons (Fsp3) is 0. The van der Waals surface area contributed by atoms with Crippen molar-refractivity contribution >= 4 is 28.9 Å². The van der Waals surface area contributed by atoms with Gasteiger partial charge in [0.05, 0.1) is 5.56 Å². The Labute approximate surface area is 70.6 Å². The Morgan fingerprint density at radius 3 is 2.90 bits per heavy atom. The van der Waals surface area contributed by atoms with E-state index in [4.69, 9.17) is 0 Å². The number of pyridine rings is 1. The number of carbonyl (C=O) groups excluding carboxylic acids is 1. The summed E-state index contributed by atoms with van der Waals surface area (Å²) < 4.78 is 13.1. The molecule has 1 heterocycles. The van der Waals surface area contributed by atoms with Gasteiger partial charge in [-0.05, 0) is 22.6 Å². The van der Waals surface area contributed by atoms with E-state index in [1.54, 1.807) is 0 Å². The normalized spacial score (nSPS) is 9.40. The third-order valence-electron chi connectivity index (χ3n) is 0.976.